The van der Waals surface area contributed by atoms with Crippen molar-refractivity contribution in [1.82, 2.24) is 20.1 Å². The third kappa shape index (κ3) is 3.78. The summed E-state index contributed by atoms with van der Waals surface area (Å²) in [5, 5.41) is 8.34. The van der Waals surface area contributed by atoms with Crippen molar-refractivity contribution in [1.29, 1.82) is 0 Å². The average molecular weight is 334 g/mol. The molecule has 128 valence electrons. The third-order valence-electron chi connectivity index (χ3n) is 4.48. The molecule has 4 rings (SSSR count). The highest BCUT2D eigenvalue weighted by atomic mass is 16.5. The van der Waals surface area contributed by atoms with Crippen LogP contribution in [0.2, 0.25) is 0 Å². The van der Waals surface area contributed by atoms with Crippen LogP contribution in [0.1, 0.15) is 18.4 Å². The van der Waals surface area contributed by atoms with Crippen LogP contribution in [0.3, 0.4) is 0 Å². The molecule has 0 aliphatic carbocycles. The Labute approximate surface area is 147 Å². The summed E-state index contributed by atoms with van der Waals surface area (Å²) in [5.41, 5.74) is 4.31. The molecular weight excluding hydrogens is 312 g/mol. The van der Waals surface area contributed by atoms with Crippen LogP contribution in [0.25, 0.3) is 16.9 Å². The fraction of sp³-hybridized carbons (Fsp3) is 0.300. The summed E-state index contributed by atoms with van der Waals surface area (Å²) in [7, 11) is 0. The number of ether oxygens (including phenoxy) is 1. The quantitative estimate of drug-likeness (QED) is 0.752. The number of para-hydroxylation sites is 1. The van der Waals surface area contributed by atoms with Crippen LogP contribution < -0.4 is 5.32 Å². The van der Waals surface area contributed by atoms with Gasteiger partial charge in [0.2, 0.25) is 0 Å². The van der Waals surface area contributed by atoms with Crippen LogP contribution >= 0.6 is 0 Å². The largest absolute Gasteiger partial charge is 0.377 e. The van der Waals surface area contributed by atoms with Crippen molar-refractivity contribution in [3.05, 3.63) is 66.6 Å². The first-order valence-electron chi connectivity index (χ1n) is 8.77. The number of aromatic nitrogens is 3. The van der Waals surface area contributed by atoms with Crippen LogP contribution in [-0.2, 0) is 11.3 Å². The number of rotatable bonds is 6. The lowest BCUT2D eigenvalue weighted by Gasteiger charge is -2.10. The molecule has 1 fully saturated rings. The maximum atomic E-state index is 5.69. The van der Waals surface area contributed by atoms with Gasteiger partial charge < -0.3 is 10.1 Å². The van der Waals surface area contributed by atoms with Crippen molar-refractivity contribution < 1.29 is 4.74 Å². The molecule has 5 heteroatoms. The summed E-state index contributed by atoms with van der Waals surface area (Å²) in [5.74, 6) is 0. The molecule has 1 aliphatic rings. The van der Waals surface area contributed by atoms with Crippen LogP contribution in [0.5, 0.6) is 0 Å². The molecule has 25 heavy (non-hydrogen) atoms. The molecule has 3 aromatic rings. The molecule has 3 heterocycles. The number of pyridine rings is 1. The zero-order chi connectivity index (χ0) is 16.9. The summed E-state index contributed by atoms with van der Waals surface area (Å²) >= 11 is 0. The molecule has 1 N–H and O–H groups in total. The lowest BCUT2D eigenvalue weighted by molar-refractivity contribution is 0.110. The molecule has 5 nitrogen and oxygen atoms in total. The Balaban J connectivity index is 1.58. The fourth-order valence-electron chi connectivity index (χ4n) is 3.18. The fourth-order valence-corrected chi connectivity index (χ4v) is 3.18. The molecule has 1 aliphatic heterocycles. The Morgan fingerprint density at radius 1 is 1.12 bits per heavy atom. The van der Waals surface area contributed by atoms with E-state index in [1.807, 2.05) is 35.0 Å². The van der Waals surface area contributed by atoms with E-state index in [4.69, 9.17) is 9.84 Å². The van der Waals surface area contributed by atoms with Crippen molar-refractivity contribution in [2.24, 2.45) is 0 Å². The van der Waals surface area contributed by atoms with Crippen LogP contribution in [-0.4, -0.2) is 34.0 Å². The zero-order valence-electron chi connectivity index (χ0n) is 14.1. The Kier molecular flexibility index (Phi) is 4.86. The van der Waals surface area contributed by atoms with Crippen LogP contribution in [0.4, 0.5) is 0 Å². The van der Waals surface area contributed by atoms with Crippen LogP contribution in [0, 0.1) is 0 Å². The first-order valence-corrected chi connectivity index (χ1v) is 8.77. The highest BCUT2D eigenvalue weighted by molar-refractivity contribution is 5.62. The second kappa shape index (κ2) is 7.59. The van der Waals surface area contributed by atoms with Crippen molar-refractivity contribution in [3.8, 4) is 16.9 Å². The summed E-state index contributed by atoms with van der Waals surface area (Å²) < 4.78 is 7.63. The lowest BCUT2D eigenvalue weighted by Crippen LogP contribution is -2.25. The van der Waals surface area contributed by atoms with Gasteiger partial charge in [-0.2, -0.15) is 5.10 Å². The maximum absolute atomic E-state index is 5.69. The first-order chi connectivity index (χ1) is 12.4. The van der Waals surface area contributed by atoms with E-state index in [1.54, 1.807) is 12.4 Å². The number of hydrogen-bond acceptors (Lipinski definition) is 4. The number of hydrogen-bond donors (Lipinski definition) is 1. The van der Waals surface area contributed by atoms with Gasteiger partial charge in [0, 0.05) is 49.4 Å². The highest BCUT2D eigenvalue weighted by Gasteiger charge is 2.16. The minimum Gasteiger partial charge on any atom is -0.377 e. The van der Waals surface area contributed by atoms with Crippen molar-refractivity contribution >= 4 is 0 Å². The Bertz CT molecular complexity index is 795. The van der Waals surface area contributed by atoms with E-state index >= 15 is 0 Å². The van der Waals surface area contributed by atoms with Gasteiger partial charge in [-0.05, 0) is 37.1 Å². The van der Waals surface area contributed by atoms with Crippen molar-refractivity contribution in [2.45, 2.75) is 25.5 Å². The van der Waals surface area contributed by atoms with Gasteiger partial charge in [-0.25, -0.2) is 4.68 Å². The first kappa shape index (κ1) is 16.0. The van der Waals surface area contributed by atoms with Gasteiger partial charge in [0.25, 0.3) is 0 Å². The minimum absolute atomic E-state index is 0.341. The van der Waals surface area contributed by atoms with E-state index in [9.17, 15) is 0 Å². The van der Waals surface area contributed by atoms with E-state index in [1.165, 1.54) is 12.0 Å². The molecule has 1 aromatic carbocycles. The standard InChI is InChI=1S/C20H22N4O/c1-2-5-18(6-3-1)24-15-17(13-22-14-19-7-4-12-25-19)20(23-24)16-8-10-21-11-9-16/h1-3,5-6,8-11,15,19,22H,4,7,12-14H2. The molecule has 1 atom stereocenters. The summed E-state index contributed by atoms with van der Waals surface area (Å²) in [6.45, 7) is 2.54. The molecule has 0 saturated carbocycles. The monoisotopic (exact) mass is 334 g/mol. The Morgan fingerprint density at radius 2 is 1.96 bits per heavy atom. The highest BCUT2D eigenvalue weighted by Crippen LogP contribution is 2.23. The molecule has 0 bridgehead atoms. The number of benzene rings is 1. The van der Waals surface area contributed by atoms with Crippen molar-refractivity contribution in [3.63, 3.8) is 0 Å². The van der Waals surface area contributed by atoms with E-state index < -0.39 is 0 Å². The predicted octanol–water partition coefficient (Wildman–Crippen LogP) is 3.20. The van der Waals surface area contributed by atoms with Gasteiger partial charge in [-0.1, -0.05) is 18.2 Å². The second-order valence-corrected chi connectivity index (χ2v) is 6.28. The van der Waals surface area contributed by atoms with Gasteiger partial charge in [0.1, 0.15) is 0 Å². The number of nitrogens with one attached hydrogen (secondary N) is 1. The van der Waals surface area contributed by atoms with Crippen molar-refractivity contribution in [2.75, 3.05) is 13.2 Å². The van der Waals surface area contributed by atoms with Gasteiger partial charge in [-0.15, -0.1) is 0 Å². The lowest BCUT2D eigenvalue weighted by atomic mass is 10.1. The molecule has 0 radical (unpaired) electrons. The molecular formula is C20H22N4O. The third-order valence-corrected chi connectivity index (χ3v) is 4.48. The van der Waals surface area contributed by atoms with E-state index in [-0.39, 0.29) is 0 Å². The summed E-state index contributed by atoms with van der Waals surface area (Å²) in [6.07, 6.45) is 8.37. The summed E-state index contributed by atoms with van der Waals surface area (Å²) in [4.78, 5) is 4.11. The Morgan fingerprint density at radius 3 is 2.72 bits per heavy atom. The van der Waals surface area contributed by atoms with Gasteiger partial charge in [0.05, 0.1) is 17.5 Å². The molecule has 0 spiro atoms. The predicted molar refractivity (Wildman–Crippen MR) is 97.5 cm³/mol. The van der Waals surface area contributed by atoms with E-state index in [0.29, 0.717) is 6.10 Å². The molecule has 1 unspecified atom stereocenters. The SMILES string of the molecule is c1ccc(-n2cc(CNCC3CCCO3)c(-c3ccncc3)n2)cc1. The van der Waals surface area contributed by atoms with Gasteiger partial charge >= 0.3 is 0 Å². The zero-order valence-corrected chi connectivity index (χ0v) is 14.1. The maximum Gasteiger partial charge on any atom is 0.0973 e. The second-order valence-electron chi connectivity index (χ2n) is 6.28. The normalized spacial score (nSPS) is 17.0. The average Bonchev–Trinajstić information content (AvgIpc) is 3.33. The molecule has 1 saturated heterocycles. The Hall–Kier alpha value is -2.50. The van der Waals surface area contributed by atoms with E-state index in [2.05, 4.69) is 28.6 Å². The molecule has 0 amide bonds. The summed E-state index contributed by atoms with van der Waals surface area (Å²) in [6, 6.07) is 14.2. The van der Waals surface area contributed by atoms with Gasteiger partial charge in [-0.3, -0.25) is 4.98 Å². The van der Waals surface area contributed by atoms with Gasteiger partial charge in [0.15, 0.2) is 0 Å². The number of nitrogens with zero attached hydrogens (tertiary/aromatic N) is 3. The topological polar surface area (TPSA) is 52.0 Å². The minimum atomic E-state index is 0.341. The van der Waals surface area contributed by atoms with Crippen LogP contribution in [0.15, 0.2) is 61.1 Å². The molecule has 2 aromatic heterocycles. The smallest absolute Gasteiger partial charge is 0.0973 e. The van der Waals surface area contributed by atoms with E-state index in [0.717, 1.165) is 43.1 Å².